The van der Waals surface area contributed by atoms with E-state index >= 15 is 0 Å². The number of benzene rings is 1. The van der Waals surface area contributed by atoms with Gasteiger partial charge in [0.1, 0.15) is 12.2 Å². The van der Waals surface area contributed by atoms with Gasteiger partial charge in [0, 0.05) is 22.2 Å². The highest BCUT2D eigenvalue weighted by atomic mass is 35.5. The highest BCUT2D eigenvalue weighted by Gasteiger charge is 2.25. The van der Waals surface area contributed by atoms with E-state index in [1.807, 2.05) is 20.8 Å². The molecule has 0 spiro atoms. The maximum absolute atomic E-state index is 13.8. The average molecular weight is 584 g/mol. The van der Waals surface area contributed by atoms with Crippen LogP contribution in [0.2, 0.25) is 10.0 Å². The lowest BCUT2D eigenvalue weighted by Crippen LogP contribution is -2.41. The number of halogens is 2. The van der Waals surface area contributed by atoms with E-state index < -0.39 is 11.4 Å². The molecule has 3 heterocycles. The molecule has 0 radical (unpaired) electrons. The fourth-order valence-electron chi connectivity index (χ4n) is 3.90. The van der Waals surface area contributed by atoms with E-state index in [9.17, 15) is 9.59 Å². The van der Waals surface area contributed by atoms with Gasteiger partial charge in [-0.05, 0) is 63.6 Å². The minimum Gasteiger partial charge on any atom is -0.347 e. The lowest BCUT2D eigenvalue weighted by Gasteiger charge is -2.22. The van der Waals surface area contributed by atoms with Gasteiger partial charge in [0.25, 0.3) is 11.8 Å². The first-order chi connectivity index (χ1) is 18.6. The second-order valence-electron chi connectivity index (χ2n) is 11.6. The monoisotopic (exact) mass is 582 g/mol. The van der Waals surface area contributed by atoms with Crippen molar-refractivity contribution in [1.29, 1.82) is 0 Å². The number of amides is 2. The van der Waals surface area contributed by atoms with Crippen LogP contribution in [0.3, 0.4) is 0 Å². The smallest absolute Gasteiger partial charge is 0.274 e. The van der Waals surface area contributed by atoms with E-state index in [-0.39, 0.29) is 34.9 Å². The summed E-state index contributed by atoms with van der Waals surface area (Å²) >= 11 is 12.7. The topological polar surface area (TPSA) is 120 Å². The van der Waals surface area contributed by atoms with Crippen molar-refractivity contribution in [2.45, 2.75) is 66.0 Å². The molecular weight excluding hydrogens is 551 g/mol. The van der Waals surface area contributed by atoms with Gasteiger partial charge in [-0.25, -0.2) is 9.67 Å². The molecule has 0 fully saturated rings. The molecule has 0 unspecified atom stereocenters. The number of aromatic nitrogens is 6. The van der Waals surface area contributed by atoms with Gasteiger partial charge in [0.05, 0.1) is 33.9 Å². The summed E-state index contributed by atoms with van der Waals surface area (Å²) < 4.78 is 1.38. The number of carbonyl (C=O) groups excluding carboxylic acids is 2. The summed E-state index contributed by atoms with van der Waals surface area (Å²) in [6, 6.07) is 8.19. The quantitative estimate of drug-likeness (QED) is 0.305. The van der Waals surface area contributed by atoms with Crippen LogP contribution in [0.25, 0.3) is 5.82 Å². The number of pyridine rings is 1. The molecule has 0 aliphatic carbocycles. The highest BCUT2D eigenvalue weighted by Crippen LogP contribution is 2.28. The summed E-state index contributed by atoms with van der Waals surface area (Å²) in [6.45, 7) is 13.8. The first-order valence-electron chi connectivity index (χ1n) is 12.7. The normalized spacial score (nSPS) is 11.9. The van der Waals surface area contributed by atoms with Crippen molar-refractivity contribution in [3.05, 3.63) is 81.0 Å². The standard InChI is InChI=1S/C28H32Cl2N8O2/c1-16-11-17(29)12-19(25(39)34-28(5,6)7)23(16)33-26(40)21-13-18(15-37-32-14-22(36-37)27(2,3)4)35-38(21)24-20(30)9-8-10-31-24/h8-14H,15H2,1-7H3,(H,33,40)(H,34,39). The van der Waals surface area contributed by atoms with Crippen LogP contribution in [-0.2, 0) is 12.0 Å². The fraction of sp³-hybridized carbons (Fsp3) is 0.357. The van der Waals surface area contributed by atoms with Crippen molar-refractivity contribution >= 4 is 40.7 Å². The molecule has 0 bridgehead atoms. The van der Waals surface area contributed by atoms with Crippen LogP contribution in [-0.4, -0.2) is 47.1 Å². The Morgan fingerprint density at radius 1 is 1.00 bits per heavy atom. The van der Waals surface area contributed by atoms with Gasteiger partial charge in [0.15, 0.2) is 5.82 Å². The lowest BCUT2D eigenvalue weighted by molar-refractivity contribution is 0.0920. The number of anilines is 1. The number of aryl methyl sites for hydroxylation is 1. The lowest BCUT2D eigenvalue weighted by atomic mass is 9.93. The number of hydrogen-bond donors (Lipinski definition) is 2. The molecule has 40 heavy (non-hydrogen) atoms. The molecule has 2 amide bonds. The van der Waals surface area contributed by atoms with Gasteiger partial charge in [-0.1, -0.05) is 44.0 Å². The molecule has 0 aliphatic heterocycles. The third-order valence-electron chi connectivity index (χ3n) is 5.81. The maximum Gasteiger partial charge on any atom is 0.274 e. The molecule has 1 aromatic carbocycles. The Labute approximate surface area is 243 Å². The Hall–Kier alpha value is -3.76. The molecular formula is C28H32Cl2N8O2. The van der Waals surface area contributed by atoms with Gasteiger partial charge in [0.2, 0.25) is 0 Å². The summed E-state index contributed by atoms with van der Waals surface area (Å²) in [5, 5.41) is 20.0. The van der Waals surface area contributed by atoms with Gasteiger partial charge in [-0.3, -0.25) is 9.59 Å². The van der Waals surface area contributed by atoms with Gasteiger partial charge < -0.3 is 10.6 Å². The van der Waals surface area contributed by atoms with Gasteiger partial charge in [-0.15, -0.1) is 0 Å². The zero-order chi connectivity index (χ0) is 29.4. The van der Waals surface area contributed by atoms with E-state index in [1.54, 1.807) is 43.6 Å². The van der Waals surface area contributed by atoms with E-state index in [1.165, 1.54) is 15.5 Å². The number of nitrogens with zero attached hydrogens (tertiary/aromatic N) is 6. The largest absolute Gasteiger partial charge is 0.347 e. The predicted octanol–water partition coefficient (Wildman–Crippen LogP) is 5.60. The highest BCUT2D eigenvalue weighted by molar-refractivity contribution is 6.32. The van der Waals surface area contributed by atoms with E-state index in [2.05, 4.69) is 51.7 Å². The van der Waals surface area contributed by atoms with Crippen molar-refractivity contribution in [2.24, 2.45) is 0 Å². The van der Waals surface area contributed by atoms with Crippen LogP contribution in [0.5, 0.6) is 0 Å². The molecule has 210 valence electrons. The number of nitrogens with one attached hydrogen (secondary N) is 2. The second-order valence-corrected chi connectivity index (χ2v) is 12.4. The minimum absolute atomic E-state index is 0.162. The molecule has 3 aromatic heterocycles. The molecule has 0 aliphatic rings. The molecule has 12 heteroatoms. The van der Waals surface area contributed by atoms with Crippen LogP contribution in [0, 0.1) is 6.92 Å². The maximum atomic E-state index is 13.8. The summed E-state index contributed by atoms with van der Waals surface area (Å²) in [5.41, 5.74) is 2.04. The van der Waals surface area contributed by atoms with Gasteiger partial charge >= 0.3 is 0 Å². The van der Waals surface area contributed by atoms with Crippen LogP contribution in [0.15, 0.2) is 42.7 Å². The fourth-order valence-corrected chi connectivity index (χ4v) is 4.37. The van der Waals surface area contributed by atoms with Crippen LogP contribution < -0.4 is 10.6 Å². The Balaban J connectivity index is 1.74. The second kappa shape index (κ2) is 11.0. The van der Waals surface area contributed by atoms with Crippen LogP contribution >= 0.6 is 23.2 Å². The Morgan fingerprint density at radius 2 is 1.73 bits per heavy atom. The van der Waals surface area contributed by atoms with Crippen LogP contribution in [0.1, 0.15) is 79.3 Å². The third kappa shape index (κ3) is 6.68. The number of rotatable bonds is 6. The Morgan fingerprint density at radius 3 is 2.35 bits per heavy atom. The van der Waals surface area contributed by atoms with Crippen molar-refractivity contribution in [1.82, 2.24) is 35.1 Å². The zero-order valence-corrected chi connectivity index (χ0v) is 25.0. The molecule has 10 nitrogen and oxygen atoms in total. The van der Waals surface area contributed by atoms with Crippen LogP contribution in [0.4, 0.5) is 5.69 Å². The van der Waals surface area contributed by atoms with Crippen molar-refractivity contribution < 1.29 is 9.59 Å². The van der Waals surface area contributed by atoms with Gasteiger partial charge in [-0.2, -0.15) is 20.1 Å². The predicted molar refractivity (Wildman–Crippen MR) is 156 cm³/mol. The third-order valence-corrected chi connectivity index (χ3v) is 6.33. The van der Waals surface area contributed by atoms with E-state index in [4.69, 9.17) is 23.2 Å². The van der Waals surface area contributed by atoms with E-state index in [0.29, 0.717) is 27.0 Å². The molecule has 0 atom stereocenters. The number of hydrogen-bond acceptors (Lipinski definition) is 6. The van der Waals surface area contributed by atoms with Crippen molar-refractivity contribution in [3.8, 4) is 5.82 Å². The van der Waals surface area contributed by atoms with E-state index in [0.717, 1.165) is 5.69 Å². The summed E-state index contributed by atoms with van der Waals surface area (Å²) in [6.07, 6.45) is 3.28. The molecule has 2 N–H and O–H groups in total. The first kappa shape index (κ1) is 29.2. The number of carbonyl (C=O) groups is 2. The molecule has 0 saturated heterocycles. The molecule has 4 rings (SSSR count). The summed E-state index contributed by atoms with van der Waals surface area (Å²) in [4.78, 5) is 32.8. The molecule has 4 aromatic rings. The zero-order valence-electron chi connectivity index (χ0n) is 23.5. The van der Waals surface area contributed by atoms with Crippen molar-refractivity contribution in [3.63, 3.8) is 0 Å². The molecule has 0 saturated carbocycles. The Bertz CT molecular complexity index is 1580. The minimum atomic E-state index is -0.514. The Kier molecular flexibility index (Phi) is 8.05. The summed E-state index contributed by atoms with van der Waals surface area (Å²) in [7, 11) is 0. The summed E-state index contributed by atoms with van der Waals surface area (Å²) in [5.74, 6) is -0.600. The SMILES string of the molecule is Cc1cc(Cl)cc(C(=O)NC(C)(C)C)c1NC(=O)c1cc(Cn2ncc(C(C)(C)C)n2)nn1-c1ncccc1Cl. The average Bonchev–Trinajstić information content (AvgIpc) is 3.47. The van der Waals surface area contributed by atoms with Crippen molar-refractivity contribution in [2.75, 3.05) is 5.32 Å². The first-order valence-corrected chi connectivity index (χ1v) is 13.4.